The van der Waals surface area contributed by atoms with Crippen molar-refractivity contribution in [2.24, 2.45) is 0 Å². The molecule has 5 heteroatoms. The van der Waals surface area contributed by atoms with Crippen LogP contribution in [-0.2, 0) is 11.3 Å². The van der Waals surface area contributed by atoms with E-state index in [4.69, 9.17) is 10.00 Å². The van der Waals surface area contributed by atoms with Gasteiger partial charge in [-0.05, 0) is 47.7 Å². The fourth-order valence-electron chi connectivity index (χ4n) is 3.52. The van der Waals surface area contributed by atoms with Crippen molar-refractivity contribution in [3.05, 3.63) is 65.2 Å². The molecule has 1 saturated heterocycles. The Labute approximate surface area is 173 Å². The highest BCUT2D eigenvalue weighted by Crippen LogP contribution is 2.20. The van der Waals surface area contributed by atoms with Crippen LogP contribution in [0.15, 0.2) is 48.5 Å². The number of ether oxygens (including phenoxy) is 1. The minimum atomic E-state index is 0.0418. The van der Waals surface area contributed by atoms with Crippen molar-refractivity contribution in [1.82, 2.24) is 9.80 Å². The molecular weight excluding hydrogens is 362 g/mol. The second kappa shape index (κ2) is 10.1. The van der Waals surface area contributed by atoms with Gasteiger partial charge in [-0.3, -0.25) is 9.69 Å². The molecule has 1 amide bonds. The first-order valence-corrected chi connectivity index (χ1v) is 10.3. The van der Waals surface area contributed by atoms with Crippen LogP contribution in [0.1, 0.15) is 42.9 Å². The Hall–Kier alpha value is -2.84. The molecule has 3 rings (SSSR count). The van der Waals surface area contributed by atoms with E-state index in [0.717, 1.165) is 38.3 Å². The van der Waals surface area contributed by atoms with Gasteiger partial charge in [-0.2, -0.15) is 5.26 Å². The fraction of sp³-hybridized carbons (Fsp3) is 0.417. The smallest absolute Gasteiger partial charge is 0.260 e. The predicted molar refractivity (Wildman–Crippen MR) is 114 cm³/mol. The Morgan fingerprint density at radius 1 is 1.10 bits per heavy atom. The van der Waals surface area contributed by atoms with Crippen LogP contribution in [0.2, 0.25) is 0 Å². The lowest BCUT2D eigenvalue weighted by molar-refractivity contribution is -0.133. The second-order valence-electron chi connectivity index (χ2n) is 7.84. The maximum atomic E-state index is 12.6. The van der Waals surface area contributed by atoms with Gasteiger partial charge < -0.3 is 9.64 Å². The van der Waals surface area contributed by atoms with E-state index in [2.05, 4.69) is 30.9 Å². The fourth-order valence-corrected chi connectivity index (χ4v) is 3.52. The lowest BCUT2D eigenvalue weighted by atomic mass is 10.0. The highest BCUT2D eigenvalue weighted by molar-refractivity contribution is 5.77. The summed E-state index contributed by atoms with van der Waals surface area (Å²) >= 11 is 0. The standard InChI is InChI=1S/C24H29N3O2/c1-19(2)22-5-3-6-23(15-22)29-18-24(28)27-12-4-11-26(13-14-27)17-21-9-7-20(16-25)8-10-21/h3,5-10,15,19H,4,11-14,17-18H2,1-2H3. The molecule has 0 radical (unpaired) electrons. The summed E-state index contributed by atoms with van der Waals surface area (Å²) in [5.74, 6) is 1.23. The summed E-state index contributed by atoms with van der Waals surface area (Å²) in [6.07, 6.45) is 0.949. The third-order valence-corrected chi connectivity index (χ3v) is 5.32. The molecule has 0 atom stereocenters. The summed E-state index contributed by atoms with van der Waals surface area (Å²) in [5.41, 5.74) is 3.08. The number of hydrogen-bond donors (Lipinski definition) is 0. The number of carbonyl (C=O) groups excluding carboxylic acids is 1. The van der Waals surface area contributed by atoms with E-state index in [1.165, 1.54) is 11.1 Å². The van der Waals surface area contributed by atoms with Crippen LogP contribution in [0, 0.1) is 11.3 Å². The van der Waals surface area contributed by atoms with Crippen molar-refractivity contribution < 1.29 is 9.53 Å². The van der Waals surface area contributed by atoms with Crippen LogP contribution >= 0.6 is 0 Å². The van der Waals surface area contributed by atoms with Gasteiger partial charge in [-0.15, -0.1) is 0 Å². The maximum absolute atomic E-state index is 12.6. The lowest BCUT2D eigenvalue weighted by Gasteiger charge is -2.22. The zero-order valence-electron chi connectivity index (χ0n) is 17.3. The van der Waals surface area contributed by atoms with Gasteiger partial charge in [-0.25, -0.2) is 0 Å². The monoisotopic (exact) mass is 391 g/mol. The van der Waals surface area contributed by atoms with Crippen LogP contribution in [0.3, 0.4) is 0 Å². The van der Waals surface area contributed by atoms with Crippen molar-refractivity contribution >= 4 is 5.91 Å². The molecule has 0 spiro atoms. The summed E-state index contributed by atoms with van der Waals surface area (Å²) in [7, 11) is 0. The molecule has 2 aromatic rings. The molecule has 1 aliphatic rings. The van der Waals surface area contributed by atoms with Crippen LogP contribution in [0.5, 0.6) is 5.75 Å². The topological polar surface area (TPSA) is 56.6 Å². The lowest BCUT2D eigenvalue weighted by Crippen LogP contribution is -2.38. The Morgan fingerprint density at radius 3 is 2.62 bits per heavy atom. The number of benzene rings is 2. The first kappa shape index (κ1) is 20.9. The van der Waals surface area contributed by atoms with Crippen molar-refractivity contribution in [2.75, 3.05) is 32.8 Å². The normalized spacial score (nSPS) is 15.0. The van der Waals surface area contributed by atoms with Gasteiger partial charge in [0.1, 0.15) is 5.75 Å². The minimum Gasteiger partial charge on any atom is -0.484 e. The van der Waals surface area contributed by atoms with E-state index in [9.17, 15) is 4.79 Å². The van der Waals surface area contributed by atoms with Gasteiger partial charge in [0.05, 0.1) is 11.6 Å². The van der Waals surface area contributed by atoms with Crippen LogP contribution in [0.25, 0.3) is 0 Å². The summed E-state index contributed by atoms with van der Waals surface area (Å²) < 4.78 is 5.77. The van der Waals surface area contributed by atoms with Crippen molar-refractivity contribution in [3.8, 4) is 11.8 Å². The van der Waals surface area contributed by atoms with Gasteiger partial charge >= 0.3 is 0 Å². The van der Waals surface area contributed by atoms with Crippen LogP contribution in [0.4, 0.5) is 0 Å². The zero-order valence-corrected chi connectivity index (χ0v) is 17.3. The molecule has 0 N–H and O–H groups in total. The highest BCUT2D eigenvalue weighted by atomic mass is 16.5. The molecule has 0 aromatic heterocycles. The Balaban J connectivity index is 1.48. The summed E-state index contributed by atoms with van der Waals surface area (Å²) in [4.78, 5) is 16.9. The van der Waals surface area contributed by atoms with Crippen molar-refractivity contribution in [2.45, 2.75) is 32.7 Å². The SMILES string of the molecule is CC(C)c1cccc(OCC(=O)N2CCCN(Cc3ccc(C#N)cc3)CC2)c1. The van der Waals surface area contributed by atoms with E-state index in [1.807, 2.05) is 47.4 Å². The largest absolute Gasteiger partial charge is 0.484 e. The van der Waals surface area contributed by atoms with Gasteiger partial charge in [0.25, 0.3) is 5.91 Å². The number of hydrogen-bond acceptors (Lipinski definition) is 4. The average molecular weight is 392 g/mol. The number of carbonyl (C=O) groups is 1. The maximum Gasteiger partial charge on any atom is 0.260 e. The highest BCUT2D eigenvalue weighted by Gasteiger charge is 2.19. The molecule has 1 fully saturated rings. The van der Waals surface area contributed by atoms with Gasteiger partial charge in [0.2, 0.25) is 0 Å². The number of nitrogens with zero attached hydrogens (tertiary/aromatic N) is 3. The first-order valence-electron chi connectivity index (χ1n) is 10.3. The molecule has 1 aliphatic heterocycles. The summed E-state index contributed by atoms with van der Waals surface area (Å²) in [6, 6.07) is 17.8. The minimum absolute atomic E-state index is 0.0418. The molecule has 1 heterocycles. The summed E-state index contributed by atoms with van der Waals surface area (Å²) in [5, 5.41) is 8.91. The van der Waals surface area contributed by atoms with Crippen LogP contribution < -0.4 is 4.74 Å². The average Bonchev–Trinajstić information content (AvgIpc) is 2.98. The number of rotatable bonds is 6. The van der Waals surface area contributed by atoms with E-state index in [0.29, 0.717) is 18.0 Å². The van der Waals surface area contributed by atoms with Gasteiger partial charge in [-0.1, -0.05) is 38.1 Å². The van der Waals surface area contributed by atoms with E-state index < -0.39 is 0 Å². The van der Waals surface area contributed by atoms with Crippen molar-refractivity contribution in [1.29, 1.82) is 5.26 Å². The molecule has 0 aliphatic carbocycles. The van der Waals surface area contributed by atoms with E-state index in [-0.39, 0.29) is 12.5 Å². The molecule has 29 heavy (non-hydrogen) atoms. The Morgan fingerprint density at radius 2 is 1.90 bits per heavy atom. The quantitative estimate of drug-likeness (QED) is 0.752. The van der Waals surface area contributed by atoms with Gasteiger partial charge in [0.15, 0.2) is 6.61 Å². The molecule has 0 unspecified atom stereocenters. The summed E-state index contributed by atoms with van der Waals surface area (Å²) in [6.45, 7) is 8.48. The molecule has 2 aromatic carbocycles. The third kappa shape index (κ3) is 6.07. The number of nitriles is 1. The van der Waals surface area contributed by atoms with E-state index in [1.54, 1.807) is 0 Å². The Bertz CT molecular complexity index is 855. The van der Waals surface area contributed by atoms with Crippen molar-refractivity contribution in [3.63, 3.8) is 0 Å². The molecule has 0 bridgehead atoms. The third-order valence-electron chi connectivity index (χ3n) is 5.32. The number of amides is 1. The second-order valence-corrected chi connectivity index (χ2v) is 7.84. The van der Waals surface area contributed by atoms with Crippen LogP contribution in [-0.4, -0.2) is 48.5 Å². The first-order chi connectivity index (χ1) is 14.0. The molecule has 5 nitrogen and oxygen atoms in total. The molecular formula is C24H29N3O2. The molecule has 152 valence electrons. The Kier molecular flexibility index (Phi) is 7.26. The van der Waals surface area contributed by atoms with E-state index >= 15 is 0 Å². The zero-order chi connectivity index (χ0) is 20.6. The van der Waals surface area contributed by atoms with Gasteiger partial charge in [0, 0.05) is 32.7 Å². The molecule has 0 saturated carbocycles. The predicted octanol–water partition coefficient (Wildman–Crippen LogP) is 3.79.